The van der Waals surface area contributed by atoms with Crippen molar-refractivity contribution < 1.29 is 13.9 Å². The minimum absolute atomic E-state index is 0.105. The second-order valence-electron chi connectivity index (χ2n) is 6.01. The monoisotopic (exact) mass is 344 g/mol. The number of amides is 1. The minimum Gasteiger partial charge on any atom is -0.494 e. The molecule has 132 valence electrons. The Balaban J connectivity index is 1.68. The summed E-state index contributed by atoms with van der Waals surface area (Å²) in [6.45, 7) is 4.08. The molecule has 1 amide bonds. The maximum Gasteiger partial charge on any atom is 0.251 e. The Morgan fingerprint density at radius 1 is 1.28 bits per heavy atom. The summed E-state index contributed by atoms with van der Waals surface area (Å²) in [5.41, 5.74) is 1.09. The van der Waals surface area contributed by atoms with E-state index in [0.29, 0.717) is 5.82 Å². The lowest BCUT2D eigenvalue weighted by Crippen LogP contribution is -2.25. The van der Waals surface area contributed by atoms with E-state index in [0.717, 1.165) is 43.5 Å². The van der Waals surface area contributed by atoms with E-state index in [1.54, 1.807) is 0 Å². The van der Waals surface area contributed by atoms with Gasteiger partial charge in [-0.05, 0) is 38.0 Å². The lowest BCUT2D eigenvalue weighted by atomic mass is 10.2. The summed E-state index contributed by atoms with van der Waals surface area (Å²) in [7, 11) is 1.38. The molecule has 25 heavy (non-hydrogen) atoms. The molecule has 0 aliphatic carbocycles. The van der Waals surface area contributed by atoms with Crippen LogP contribution in [0.15, 0.2) is 24.3 Å². The Morgan fingerprint density at radius 3 is 2.72 bits per heavy atom. The number of halogens is 1. The van der Waals surface area contributed by atoms with Crippen LogP contribution in [0.1, 0.15) is 34.7 Å². The van der Waals surface area contributed by atoms with E-state index >= 15 is 0 Å². The fraction of sp³-hybridized carbons (Fsp3) is 0.389. The number of methoxy groups -OCH3 is 1. The second-order valence-corrected chi connectivity index (χ2v) is 6.01. The van der Waals surface area contributed by atoms with Gasteiger partial charge in [-0.3, -0.25) is 4.79 Å². The van der Waals surface area contributed by atoms with Crippen LogP contribution in [0.4, 0.5) is 10.2 Å². The fourth-order valence-corrected chi connectivity index (χ4v) is 2.87. The quantitative estimate of drug-likeness (QED) is 0.902. The van der Waals surface area contributed by atoms with E-state index in [1.165, 1.54) is 19.2 Å². The number of aryl methyl sites for hydroxylation is 1. The van der Waals surface area contributed by atoms with Crippen LogP contribution in [-0.2, 0) is 6.54 Å². The first kappa shape index (κ1) is 17.1. The highest BCUT2D eigenvalue weighted by atomic mass is 19.1. The molecule has 0 bridgehead atoms. The number of rotatable bonds is 5. The number of nitrogens with one attached hydrogen (secondary N) is 1. The Hall–Kier alpha value is -2.70. The van der Waals surface area contributed by atoms with E-state index in [9.17, 15) is 9.18 Å². The first-order chi connectivity index (χ1) is 12.1. The van der Waals surface area contributed by atoms with Gasteiger partial charge in [0.1, 0.15) is 11.6 Å². The lowest BCUT2D eigenvalue weighted by Gasteiger charge is -2.17. The molecule has 1 N–H and O–H groups in total. The van der Waals surface area contributed by atoms with Crippen LogP contribution in [-0.4, -0.2) is 36.1 Å². The van der Waals surface area contributed by atoms with Gasteiger partial charge in [0, 0.05) is 30.4 Å². The average Bonchev–Trinajstić information content (AvgIpc) is 3.14. The number of nitrogens with zero attached hydrogens (tertiary/aromatic N) is 3. The summed E-state index contributed by atoms with van der Waals surface area (Å²) >= 11 is 0. The van der Waals surface area contributed by atoms with Crippen molar-refractivity contribution in [1.82, 2.24) is 15.3 Å². The SMILES string of the molecule is COc1ccc(C(=O)NCc2nc(C)cc(N3CCCC3)n2)cc1F. The van der Waals surface area contributed by atoms with Crippen molar-refractivity contribution in [3.63, 3.8) is 0 Å². The van der Waals surface area contributed by atoms with E-state index in [2.05, 4.69) is 20.2 Å². The highest BCUT2D eigenvalue weighted by molar-refractivity contribution is 5.94. The van der Waals surface area contributed by atoms with Gasteiger partial charge in [-0.2, -0.15) is 0 Å². The topological polar surface area (TPSA) is 67.3 Å². The first-order valence-electron chi connectivity index (χ1n) is 8.28. The number of benzene rings is 1. The Morgan fingerprint density at radius 2 is 2.04 bits per heavy atom. The molecular weight excluding hydrogens is 323 g/mol. The van der Waals surface area contributed by atoms with Gasteiger partial charge >= 0.3 is 0 Å². The van der Waals surface area contributed by atoms with Crippen LogP contribution in [0.2, 0.25) is 0 Å². The first-order valence-corrected chi connectivity index (χ1v) is 8.28. The third kappa shape index (κ3) is 4.04. The van der Waals surface area contributed by atoms with Crippen LogP contribution in [0.3, 0.4) is 0 Å². The highest BCUT2D eigenvalue weighted by Gasteiger charge is 2.16. The predicted molar refractivity (Wildman–Crippen MR) is 92.3 cm³/mol. The highest BCUT2D eigenvalue weighted by Crippen LogP contribution is 2.19. The van der Waals surface area contributed by atoms with Crippen LogP contribution < -0.4 is 15.0 Å². The standard InChI is InChI=1S/C18H21FN4O2/c1-12-9-17(23-7-3-4-8-23)22-16(21-12)11-20-18(24)13-5-6-15(25-2)14(19)10-13/h5-6,9-10H,3-4,7-8,11H2,1-2H3,(H,20,24). The molecule has 6 nitrogen and oxygen atoms in total. The predicted octanol–water partition coefficient (Wildman–Crippen LogP) is 2.46. The van der Waals surface area contributed by atoms with Crippen LogP contribution in [0, 0.1) is 12.7 Å². The van der Waals surface area contributed by atoms with Crippen molar-refractivity contribution in [2.24, 2.45) is 0 Å². The average molecular weight is 344 g/mol. The summed E-state index contributed by atoms with van der Waals surface area (Å²) in [5, 5.41) is 2.74. The molecule has 0 unspecified atom stereocenters. The smallest absolute Gasteiger partial charge is 0.251 e. The van der Waals surface area contributed by atoms with E-state index < -0.39 is 5.82 Å². The van der Waals surface area contributed by atoms with Gasteiger partial charge in [0.25, 0.3) is 5.91 Å². The third-order valence-corrected chi connectivity index (χ3v) is 4.14. The molecular formula is C18H21FN4O2. The van der Waals surface area contributed by atoms with Crippen molar-refractivity contribution in [1.29, 1.82) is 0 Å². The molecule has 0 radical (unpaired) electrons. The van der Waals surface area contributed by atoms with Crippen molar-refractivity contribution in [2.45, 2.75) is 26.3 Å². The van der Waals surface area contributed by atoms with Gasteiger partial charge in [0.15, 0.2) is 11.6 Å². The fourth-order valence-electron chi connectivity index (χ4n) is 2.87. The third-order valence-electron chi connectivity index (χ3n) is 4.14. The van der Waals surface area contributed by atoms with Crippen LogP contribution >= 0.6 is 0 Å². The summed E-state index contributed by atoms with van der Waals surface area (Å²) in [6.07, 6.45) is 2.33. The molecule has 1 aliphatic rings. The van der Waals surface area contributed by atoms with Gasteiger partial charge in [-0.1, -0.05) is 0 Å². The van der Waals surface area contributed by atoms with E-state index in [-0.39, 0.29) is 23.8 Å². The molecule has 0 spiro atoms. The molecule has 7 heteroatoms. The maximum atomic E-state index is 13.7. The number of ether oxygens (including phenoxy) is 1. The van der Waals surface area contributed by atoms with Gasteiger partial charge in [-0.15, -0.1) is 0 Å². The number of anilines is 1. The summed E-state index contributed by atoms with van der Waals surface area (Å²) in [6, 6.07) is 6.05. The second kappa shape index (κ2) is 7.46. The molecule has 2 heterocycles. The minimum atomic E-state index is -0.571. The number of carbonyl (C=O) groups excluding carboxylic acids is 1. The van der Waals surface area contributed by atoms with E-state index in [1.807, 2.05) is 13.0 Å². The van der Waals surface area contributed by atoms with Crippen molar-refractivity contribution in [3.8, 4) is 5.75 Å². The molecule has 1 aromatic carbocycles. The molecule has 1 aromatic heterocycles. The molecule has 1 fully saturated rings. The molecule has 0 saturated carbocycles. The Labute approximate surface area is 146 Å². The molecule has 1 aliphatic heterocycles. The van der Waals surface area contributed by atoms with Crippen molar-refractivity contribution in [2.75, 3.05) is 25.1 Å². The van der Waals surface area contributed by atoms with Gasteiger partial charge in [0.05, 0.1) is 13.7 Å². The summed E-state index contributed by atoms with van der Waals surface area (Å²) in [5.74, 6) is 0.593. The van der Waals surface area contributed by atoms with Crippen molar-refractivity contribution in [3.05, 3.63) is 47.2 Å². The molecule has 0 atom stereocenters. The van der Waals surface area contributed by atoms with Gasteiger partial charge in [0.2, 0.25) is 0 Å². The van der Waals surface area contributed by atoms with E-state index in [4.69, 9.17) is 4.74 Å². The van der Waals surface area contributed by atoms with Crippen LogP contribution in [0.5, 0.6) is 5.75 Å². The molecule has 3 rings (SSSR count). The Bertz CT molecular complexity index is 776. The number of hydrogen-bond donors (Lipinski definition) is 1. The molecule has 1 saturated heterocycles. The van der Waals surface area contributed by atoms with Crippen molar-refractivity contribution >= 4 is 11.7 Å². The van der Waals surface area contributed by atoms with Crippen LogP contribution in [0.25, 0.3) is 0 Å². The zero-order valence-corrected chi connectivity index (χ0v) is 14.4. The number of hydrogen-bond acceptors (Lipinski definition) is 5. The number of carbonyl (C=O) groups is 1. The summed E-state index contributed by atoms with van der Waals surface area (Å²) < 4.78 is 18.6. The van der Waals surface area contributed by atoms with Gasteiger partial charge in [-0.25, -0.2) is 14.4 Å². The molecule has 2 aromatic rings. The number of aromatic nitrogens is 2. The summed E-state index contributed by atoms with van der Waals surface area (Å²) in [4.78, 5) is 23.3. The van der Waals surface area contributed by atoms with Gasteiger partial charge < -0.3 is 15.0 Å². The normalized spacial score (nSPS) is 13.8. The largest absolute Gasteiger partial charge is 0.494 e. The Kier molecular flexibility index (Phi) is 5.11. The maximum absolute atomic E-state index is 13.7. The zero-order chi connectivity index (χ0) is 17.8. The zero-order valence-electron chi connectivity index (χ0n) is 14.4. The lowest BCUT2D eigenvalue weighted by molar-refractivity contribution is 0.0949.